The van der Waals surface area contributed by atoms with Crippen molar-refractivity contribution < 1.29 is 19.4 Å². The molecular weight excluding hydrogens is 592 g/mol. The first kappa shape index (κ1) is 32.1. The Labute approximate surface area is 267 Å². The number of ether oxygens (including phenoxy) is 1. The first-order valence-electron chi connectivity index (χ1n) is 14.9. The van der Waals surface area contributed by atoms with Crippen molar-refractivity contribution >= 4 is 29.1 Å². The molecule has 1 saturated heterocycles. The Morgan fingerprint density at radius 3 is 2.69 bits per heavy atom. The minimum absolute atomic E-state index is 0.0585. The Balaban J connectivity index is 1.32. The van der Waals surface area contributed by atoms with E-state index < -0.39 is 0 Å². The summed E-state index contributed by atoms with van der Waals surface area (Å²) in [4.78, 5) is 33.4. The van der Waals surface area contributed by atoms with Crippen LogP contribution in [0.15, 0.2) is 67.0 Å². The second kappa shape index (κ2) is 15.1. The summed E-state index contributed by atoms with van der Waals surface area (Å²) in [5, 5.41) is 21.9. The van der Waals surface area contributed by atoms with Gasteiger partial charge in [0.05, 0.1) is 24.4 Å². The fourth-order valence-electron chi connectivity index (χ4n) is 5.33. The smallest absolute Gasteiger partial charge is 0.274 e. The number of hydrogen-bond acceptors (Lipinski definition) is 8. The number of hydrogen-bond donors (Lipinski definition) is 5. The van der Waals surface area contributed by atoms with Crippen molar-refractivity contribution in [1.82, 2.24) is 25.9 Å². The molecule has 5 N–H and O–H groups in total. The van der Waals surface area contributed by atoms with E-state index in [9.17, 15) is 9.59 Å². The van der Waals surface area contributed by atoms with Crippen LogP contribution in [0.4, 0.5) is 5.69 Å². The van der Waals surface area contributed by atoms with Gasteiger partial charge in [-0.3, -0.25) is 19.6 Å². The molecule has 1 fully saturated rings. The molecule has 0 bridgehead atoms. The fraction of sp³-hybridized carbons (Fsp3) is 0.294. The van der Waals surface area contributed by atoms with Gasteiger partial charge in [0.15, 0.2) is 0 Å². The van der Waals surface area contributed by atoms with Gasteiger partial charge in [-0.2, -0.15) is 0 Å². The Kier molecular flexibility index (Phi) is 10.7. The van der Waals surface area contributed by atoms with Gasteiger partial charge in [0.25, 0.3) is 5.91 Å². The van der Waals surface area contributed by atoms with E-state index in [1.807, 2.05) is 55.5 Å². The van der Waals surface area contributed by atoms with Gasteiger partial charge in [0.2, 0.25) is 5.91 Å². The van der Waals surface area contributed by atoms with Gasteiger partial charge in [-0.1, -0.05) is 41.9 Å². The number of nitrogens with zero attached hydrogens (tertiary/aromatic N) is 2. The summed E-state index contributed by atoms with van der Waals surface area (Å²) >= 11 is 7.00. The minimum atomic E-state index is -0.318. The Bertz CT molecular complexity index is 1660. The molecule has 1 aliphatic rings. The van der Waals surface area contributed by atoms with Crippen LogP contribution in [-0.4, -0.2) is 59.7 Å². The number of anilines is 1. The highest BCUT2D eigenvalue weighted by Gasteiger charge is 2.21. The van der Waals surface area contributed by atoms with E-state index in [0.717, 1.165) is 39.8 Å². The van der Waals surface area contributed by atoms with Crippen molar-refractivity contribution in [3.63, 3.8) is 0 Å². The highest BCUT2D eigenvalue weighted by atomic mass is 35.5. The summed E-state index contributed by atoms with van der Waals surface area (Å²) in [6.45, 7) is 4.33. The third-order valence-corrected chi connectivity index (χ3v) is 8.17. The molecule has 45 heavy (non-hydrogen) atoms. The van der Waals surface area contributed by atoms with Gasteiger partial charge < -0.3 is 31.1 Å². The Morgan fingerprint density at radius 2 is 1.96 bits per heavy atom. The number of aliphatic hydroxyl groups excluding tert-OH is 1. The lowest BCUT2D eigenvalue weighted by Gasteiger charge is -2.16. The van der Waals surface area contributed by atoms with Crippen LogP contribution in [0.25, 0.3) is 22.4 Å². The van der Waals surface area contributed by atoms with E-state index in [4.69, 9.17) is 21.4 Å². The topological polar surface area (TPSA) is 138 Å². The number of nitrogens with one attached hydrogen (secondary N) is 4. The highest BCUT2D eigenvalue weighted by Crippen LogP contribution is 2.39. The maximum atomic E-state index is 13.0. The zero-order chi connectivity index (χ0) is 31.8. The zero-order valence-electron chi connectivity index (χ0n) is 25.3. The molecule has 0 spiro atoms. The number of carbonyl (C=O) groups is 2. The Morgan fingerprint density at radius 1 is 1.09 bits per heavy atom. The van der Waals surface area contributed by atoms with E-state index in [1.54, 1.807) is 25.6 Å². The molecule has 234 valence electrons. The number of amides is 2. The normalized spacial score (nSPS) is 14.3. The predicted octanol–water partition coefficient (Wildman–Crippen LogP) is 4.48. The molecule has 10 nitrogen and oxygen atoms in total. The maximum Gasteiger partial charge on any atom is 0.274 e. The average Bonchev–Trinajstić information content (AvgIpc) is 3.47. The summed E-state index contributed by atoms with van der Waals surface area (Å²) in [7, 11) is 1.63. The van der Waals surface area contributed by atoms with Gasteiger partial charge in [0, 0.05) is 73.4 Å². The lowest BCUT2D eigenvalue weighted by atomic mass is 9.97. The van der Waals surface area contributed by atoms with Crippen molar-refractivity contribution in [3.05, 3.63) is 94.4 Å². The summed E-state index contributed by atoms with van der Waals surface area (Å²) < 4.78 is 5.70. The van der Waals surface area contributed by atoms with Crippen LogP contribution in [0, 0.1) is 6.92 Å². The van der Waals surface area contributed by atoms with E-state index in [-0.39, 0.29) is 24.5 Å². The molecule has 5 rings (SSSR count). The van der Waals surface area contributed by atoms with Crippen LogP contribution < -0.4 is 26.0 Å². The largest absolute Gasteiger partial charge is 0.496 e. The number of halogens is 1. The first-order valence-corrected chi connectivity index (χ1v) is 15.3. The SMILES string of the molecule is COc1cc(-c2nccc(-c3cccc(NC(=O)c4ccc(CNCCO)cn4)c3C)c2Cl)ccc1CNCC1CCC(=O)N1. The van der Waals surface area contributed by atoms with Crippen molar-refractivity contribution in [2.45, 2.75) is 38.9 Å². The van der Waals surface area contributed by atoms with Gasteiger partial charge >= 0.3 is 0 Å². The summed E-state index contributed by atoms with van der Waals surface area (Å²) in [5.41, 5.74) is 6.79. The lowest BCUT2D eigenvalue weighted by Crippen LogP contribution is -2.35. The van der Waals surface area contributed by atoms with Gasteiger partial charge in [-0.05, 0) is 54.3 Å². The molecule has 1 unspecified atom stereocenters. The van der Waals surface area contributed by atoms with Crippen LogP contribution in [-0.2, 0) is 17.9 Å². The number of carbonyl (C=O) groups excluding carboxylic acids is 2. The second-order valence-electron chi connectivity index (χ2n) is 10.9. The van der Waals surface area contributed by atoms with Gasteiger partial charge in [-0.15, -0.1) is 0 Å². The van der Waals surface area contributed by atoms with Crippen LogP contribution >= 0.6 is 11.6 Å². The third kappa shape index (κ3) is 7.84. The molecule has 3 heterocycles. The molecule has 4 aromatic rings. The molecule has 1 atom stereocenters. The van der Waals surface area contributed by atoms with Crippen LogP contribution in [0.5, 0.6) is 5.75 Å². The predicted molar refractivity (Wildman–Crippen MR) is 175 cm³/mol. The molecule has 0 saturated carbocycles. The van der Waals surface area contributed by atoms with E-state index >= 15 is 0 Å². The van der Waals surface area contributed by atoms with Crippen LogP contribution in [0.1, 0.15) is 40.0 Å². The van der Waals surface area contributed by atoms with E-state index in [2.05, 4.69) is 31.2 Å². The summed E-state index contributed by atoms with van der Waals surface area (Å²) in [6.07, 6.45) is 4.79. The molecule has 2 aromatic heterocycles. The van der Waals surface area contributed by atoms with E-state index in [0.29, 0.717) is 60.4 Å². The summed E-state index contributed by atoms with van der Waals surface area (Å²) in [5.74, 6) is 0.495. The molecule has 1 aliphatic heterocycles. The van der Waals surface area contributed by atoms with Gasteiger partial charge in [-0.25, -0.2) is 0 Å². The van der Waals surface area contributed by atoms with Crippen molar-refractivity contribution in [2.24, 2.45) is 0 Å². The van der Waals surface area contributed by atoms with E-state index in [1.165, 1.54) is 0 Å². The minimum Gasteiger partial charge on any atom is -0.496 e. The number of methoxy groups -OCH3 is 1. The quantitative estimate of drug-likeness (QED) is 0.137. The number of pyridine rings is 2. The van der Waals surface area contributed by atoms with Crippen LogP contribution in [0.3, 0.4) is 0 Å². The third-order valence-electron chi connectivity index (χ3n) is 7.79. The number of aliphatic hydroxyl groups is 1. The molecule has 0 radical (unpaired) electrons. The van der Waals surface area contributed by atoms with Crippen molar-refractivity contribution in [1.29, 1.82) is 0 Å². The monoisotopic (exact) mass is 628 g/mol. The first-order chi connectivity index (χ1) is 21.9. The number of benzene rings is 2. The molecule has 11 heteroatoms. The van der Waals surface area contributed by atoms with Gasteiger partial charge in [0.1, 0.15) is 11.4 Å². The maximum absolute atomic E-state index is 13.0. The van der Waals surface area contributed by atoms with Crippen molar-refractivity contribution in [3.8, 4) is 28.1 Å². The Hall–Kier alpha value is -4.35. The second-order valence-corrected chi connectivity index (χ2v) is 11.2. The standard InChI is InChI=1S/C34H37ClN6O4/c1-21-26(4-3-5-28(21)41-34(44)29-10-6-22(18-39-29)17-36-14-15-42)27-12-13-38-33(32(27)35)23-7-8-24(30(16-23)45-2)19-37-20-25-9-11-31(43)40-25/h3-8,10,12-13,16,18,25,36-37,42H,9,11,14-15,17,19-20H2,1-2H3,(H,40,43)(H,41,44). The molecule has 0 aliphatic carbocycles. The van der Waals surface area contributed by atoms with Crippen LogP contribution in [0.2, 0.25) is 5.02 Å². The molecule has 2 amide bonds. The fourth-order valence-corrected chi connectivity index (χ4v) is 5.65. The lowest BCUT2D eigenvalue weighted by molar-refractivity contribution is -0.119. The highest BCUT2D eigenvalue weighted by molar-refractivity contribution is 6.35. The average molecular weight is 629 g/mol. The number of aromatic nitrogens is 2. The summed E-state index contributed by atoms with van der Waals surface area (Å²) in [6, 6.07) is 17.1. The zero-order valence-corrected chi connectivity index (χ0v) is 26.1. The molecular formula is C34H37ClN6O4. The van der Waals surface area contributed by atoms with Crippen molar-refractivity contribution in [2.75, 3.05) is 32.1 Å². The number of rotatable bonds is 13. The molecule has 2 aromatic carbocycles.